The maximum Gasteiger partial charge on any atom is 0.361 e. The van der Waals surface area contributed by atoms with E-state index >= 15 is 0 Å². The van der Waals surface area contributed by atoms with E-state index in [2.05, 4.69) is 15.4 Å². The predicted octanol–water partition coefficient (Wildman–Crippen LogP) is 3.14. The zero-order valence-electron chi connectivity index (χ0n) is 15.7. The van der Waals surface area contributed by atoms with Crippen LogP contribution in [-0.2, 0) is 11.3 Å². The molecule has 2 aromatic carbocycles. The van der Waals surface area contributed by atoms with Crippen LogP contribution in [0.3, 0.4) is 0 Å². The van der Waals surface area contributed by atoms with Crippen LogP contribution in [0.25, 0.3) is 11.3 Å². The number of nitrogens with zero attached hydrogens (tertiary/aromatic N) is 3. The lowest BCUT2D eigenvalue weighted by molar-refractivity contribution is -0.385. The third kappa shape index (κ3) is 4.32. The Bertz CT molecular complexity index is 1030. The number of aromatic amines is 1. The van der Waals surface area contributed by atoms with Gasteiger partial charge in [-0.2, -0.15) is 10.3 Å². The minimum absolute atomic E-state index is 0.00903. The first-order valence-electron chi connectivity index (χ1n) is 8.66. The topological polar surface area (TPSA) is 129 Å². The number of carbonyl (C=O) groups excluding carboxylic acids is 1. The molecule has 0 bridgehead atoms. The molecule has 0 fully saturated rings. The molecule has 1 heterocycles. The molecule has 0 aliphatic carbocycles. The minimum atomic E-state index is -0.591. The highest BCUT2D eigenvalue weighted by Crippen LogP contribution is 2.33. The molecule has 0 unspecified atom stereocenters. The normalized spacial score (nSPS) is 10.4. The summed E-state index contributed by atoms with van der Waals surface area (Å²) in [5, 5.41) is 21.4. The van der Waals surface area contributed by atoms with Gasteiger partial charge in [0.2, 0.25) is 0 Å². The molecule has 10 nitrogen and oxygen atoms in total. The molecule has 0 saturated heterocycles. The summed E-state index contributed by atoms with van der Waals surface area (Å²) < 4.78 is 16.1. The number of carbonyl (C=O) groups is 1. The summed E-state index contributed by atoms with van der Waals surface area (Å²) in [7, 11) is 1.46. The zero-order chi connectivity index (χ0) is 20.8. The third-order valence-electron chi connectivity index (χ3n) is 4.03. The van der Waals surface area contributed by atoms with Crippen molar-refractivity contribution in [3.63, 3.8) is 0 Å². The fourth-order valence-electron chi connectivity index (χ4n) is 2.67. The van der Waals surface area contributed by atoms with E-state index in [0.29, 0.717) is 28.3 Å². The third-order valence-corrected chi connectivity index (χ3v) is 4.03. The summed E-state index contributed by atoms with van der Waals surface area (Å²) in [4.78, 5) is 22.7. The van der Waals surface area contributed by atoms with E-state index in [1.54, 1.807) is 43.3 Å². The van der Waals surface area contributed by atoms with Crippen molar-refractivity contribution in [2.24, 2.45) is 0 Å². The molecule has 0 atom stereocenters. The molecular formula is C19H18N4O6. The fourth-order valence-corrected chi connectivity index (χ4v) is 2.67. The van der Waals surface area contributed by atoms with Gasteiger partial charge < -0.3 is 14.2 Å². The number of H-pyrrole nitrogens is 1. The molecule has 3 aromatic rings. The summed E-state index contributed by atoms with van der Waals surface area (Å²) in [5.74, 6) is 0.168. The highest BCUT2D eigenvalue weighted by atomic mass is 16.6. The summed E-state index contributed by atoms with van der Waals surface area (Å²) in [6.07, 6.45) is 0. The molecule has 150 valence electrons. The molecule has 3 rings (SSSR count). The van der Waals surface area contributed by atoms with Crippen LogP contribution in [-0.4, -0.2) is 40.0 Å². The SMILES string of the molecule is CCOC(=O)c1n[nH]nc1-c1ccc(OCc2ccccc2[N+](=O)[O-])c(OC)c1. The van der Waals surface area contributed by atoms with Crippen LogP contribution in [0.15, 0.2) is 42.5 Å². The summed E-state index contributed by atoms with van der Waals surface area (Å²) >= 11 is 0. The molecule has 0 saturated carbocycles. The molecule has 29 heavy (non-hydrogen) atoms. The Morgan fingerprint density at radius 3 is 2.69 bits per heavy atom. The number of nitro groups is 1. The van der Waals surface area contributed by atoms with Gasteiger partial charge in [0, 0.05) is 11.6 Å². The molecule has 0 aliphatic heterocycles. The number of esters is 1. The maximum atomic E-state index is 12.0. The van der Waals surface area contributed by atoms with Crippen LogP contribution in [0.5, 0.6) is 11.5 Å². The second kappa shape index (κ2) is 8.83. The van der Waals surface area contributed by atoms with Crippen LogP contribution in [0, 0.1) is 10.1 Å². The van der Waals surface area contributed by atoms with Gasteiger partial charge in [0.05, 0.1) is 24.2 Å². The summed E-state index contributed by atoms with van der Waals surface area (Å²) in [5.41, 5.74) is 1.35. The van der Waals surface area contributed by atoms with Crippen molar-refractivity contribution in [2.45, 2.75) is 13.5 Å². The summed E-state index contributed by atoms with van der Waals surface area (Å²) in [6, 6.07) is 11.3. The van der Waals surface area contributed by atoms with Crippen molar-refractivity contribution < 1.29 is 23.9 Å². The van der Waals surface area contributed by atoms with Gasteiger partial charge in [0.1, 0.15) is 12.3 Å². The number of aromatic nitrogens is 3. The Balaban J connectivity index is 1.85. The van der Waals surface area contributed by atoms with Gasteiger partial charge in [-0.05, 0) is 31.2 Å². The van der Waals surface area contributed by atoms with E-state index in [9.17, 15) is 14.9 Å². The average molecular weight is 398 g/mol. The van der Waals surface area contributed by atoms with Crippen LogP contribution in [0.4, 0.5) is 5.69 Å². The number of methoxy groups -OCH3 is 1. The van der Waals surface area contributed by atoms with E-state index in [1.165, 1.54) is 13.2 Å². The average Bonchev–Trinajstić information content (AvgIpc) is 3.22. The van der Waals surface area contributed by atoms with E-state index in [0.717, 1.165) is 0 Å². The Kier molecular flexibility index (Phi) is 6.03. The van der Waals surface area contributed by atoms with Gasteiger partial charge in [0.25, 0.3) is 5.69 Å². The van der Waals surface area contributed by atoms with Crippen molar-refractivity contribution in [1.82, 2.24) is 15.4 Å². The Morgan fingerprint density at radius 1 is 1.17 bits per heavy atom. The van der Waals surface area contributed by atoms with Gasteiger partial charge in [-0.1, -0.05) is 12.1 Å². The molecule has 1 aromatic heterocycles. The lowest BCUT2D eigenvalue weighted by atomic mass is 10.1. The van der Waals surface area contributed by atoms with Crippen LogP contribution in [0.2, 0.25) is 0 Å². The first-order chi connectivity index (χ1) is 14.0. The minimum Gasteiger partial charge on any atom is -0.493 e. The fraction of sp³-hybridized carbons (Fsp3) is 0.211. The molecule has 0 spiro atoms. The first kappa shape index (κ1) is 19.8. The summed E-state index contributed by atoms with van der Waals surface area (Å²) in [6.45, 7) is 1.90. The Hall–Kier alpha value is -3.95. The number of nitro benzene ring substituents is 1. The van der Waals surface area contributed by atoms with E-state index in [1.807, 2.05) is 0 Å². The largest absolute Gasteiger partial charge is 0.493 e. The number of nitrogens with one attached hydrogen (secondary N) is 1. The Morgan fingerprint density at radius 2 is 1.97 bits per heavy atom. The van der Waals surface area contributed by atoms with Crippen molar-refractivity contribution in [3.05, 3.63) is 63.8 Å². The molecule has 10 heteroatoms. The van der Waals surface area contributed by atoms with E-state index in [-0.39, 0.29) is 24.6 Å². The Labute approximate surface area is 165 Å². The van der Waals surface area contributed by atoms with Crippen molar-refractivity contribution >= 4 is 11.7 Å². The smallest absolute Gasteiger partial charge is 0.361 e. The number of hydrogen-bond donors (Lipinski definition) is 1. The van der Waals surface area contributed by atoms with Crippen molar-refractivity contribution in [2.75, 3.05) is 13.7 Å². The van der Waals surface area contributed by atoms with Crippen LogP contribution < -0.4 is 9.47 Å². The monoisotopic (exact) mass is 398 g/mol. The van der Waals surface area contributed by atoms with Crippen molar-refractivity contribution in [3.8, 4) is 22.8 Å². The van der Waals surface area contributed by atoms with Crippen LogP contribution in [0.1, 0.15) is 23.0 Å². The van der Waals surface area contributed by atoms with E-state index < -0.39 is 10.9 Å². The lowest BCUT2D eigenvalue weighted by Gasteiger charge is -2.12. The maximum absolute atomic E-state index is 12.0. The van der Waals surface area contributed by atoms with Gasteiger partial charge >= 0.3 is 5.97 Å². The predicted molar refractivity (Wildman–Crippen MR) is 102 cm³/mol. The molecule has 0 amide bonds. The highest BCUT2D eigenvalue weighted by Gasteiger charge is 2.20. The zero-order valence-corrected chi connectivity index (χ0v) is 15.7. The van der Waals surface area contributed by atoms with Gasteiger partial charge in [-0.25, -0.2) is 4.79 Å². The standard InChI is InChI=1S/C19H18N4O6/c1-3-28-19(24)18-17(20-22-21-18)12-8-9-15(16(10-12)27-2)29-11-13-6-4-5-7-14(13)23(25)26/h4-10H,3,11H2,1-2H3,(H,20,21,22). The molecule has 0 aliphatic rings. The molecular weight excluding hydrogens is 380 g/mol. The number of hydrogen-bond acceptors (Lipinski definition) is 8. The second-order valence-electron chi connectivity index (χ2n) is 5.78. The number of benzene rings is 2. The van der Waals surface area contributed by atoms with Gasteiger partial charge in [-0.3, -0.25) is 10.1 Å². The van der Waals surface area contributed by atoms with Gasteiger partial charge in [0.15, 0.2) is 17.2 Å². The van der Waals surface area contributed by atoms with E-state index in [4.69, 9.17) is 14.2 Å². The van der Waals surface area contributed by atoms with Crippen LogP contribution >= 0.6 is 0 Å². The quantitative estimate of drug-likeness (QED) is 0.348. The van der Waals surface area contributed by atoms with Gasteiger partial charge in [-0.15, -0.1) is 5.10 Å². The number of rotatable bonds is 8. The number of ether oxygens (including phenoxy) is 3. The highest BCUT2D eigenvalue weighted by molar-refractivity contribution is 5.94. The number of para-hydroxylation sites is 1. The molecule has 0 radical (unpaired) electrons. The van der Waals surface area contributed by atoms with Crippen molar-refractivity contribution in [1.29, 1.82) is 0 Å². The first-order valence-corrected chi connectivity index (χ1v) is 8.66. The lowest BCUT2D eigenvalue weighted by Crippen LogP contribution is -2.07. The molecule has 1 N–H and O–H groups in total. The second-order valence-corrected chi connectivity index (χ2v) is 5.78.